The number of fused-ring (bicyclic) bond motifs is 1. The molecule has 0 amide bonds. The number of hydrogen-bond acceptors (Lipinski definition) is 3. The number of hydrogen-bond donors (Lipinski definition) is 1. The van der Waals surface area contributed by atoms with E-state index < -0.39 is 0 Å². The monoisotopic (exact) mass is 186 g/mol. The summed E-state index contributed by atoms with van der Waals surface area (Å²) in [6.07, 6.45) is 3.45. The lowest BCUT2D eigenvalue weighted by Crippen LogP contribution is -2.04. The Labute approximate surface area is 82.0 Å². The Bertz CT molecular complexity index is 489. The predicted molar refractivity (Wildman–Crippen MR) is 53.8 cm³/mol. The van der Waals surface area contributed by atoms with Crippen molar-refractivity contribution in [1.82, 2.24) is 19.9 Å². The smallest absolute Gasteiger partial charge is 0.154 e. The lowest BCUT2D eigenvalue weighted by atomic mass is 10.4. The first-order chi connectivity index (χ1) is 6.92. The fourth-order valence-electron chi connectivity index (χ4n) is 1.14. The third-order valence-corrected chi connectivity index (χ3v) is 1.76. The van der Waals surface area contributed by atoms with E-state index in [9.17, 15) is 0 Å². The zero-order valence-corrected chi connectivity index (χ0v) is 7.86. The number of aromatic nitrogens is 3. The molecule has 0 bridgehead atoms. The van der Waals surface area contributed by atoms with Crippen LogP contribution in [0.25, 0.3) is 5.65 Å². The molecule has 0 unspecified atom stereocenters. The average Bonchev–Trinajstić information content (AvgIpc) is 2.63. The number of imidazole rings is 1. The lowest BCUT2D eigenvalue weighted by Gasteiger charge is -1.90. The summed E-state index contributed by atoms with van der Waals surface area (Å²) >= 11 is 0. The van der Waals surface area contributed by atoms with Crippen molar-refractivity contribution >= 4 is 5.65 Å². The lowest BCUT2D eigenvalue weighted by molar-refractivity contribution is 0.919. The van der Waals surface area contributed by atoms with Gasteiger partial charge in [-0.3, -0.25) is 0 Å². The third kappa shape index (κ3) is 1.58. The quantitative estimate of drug-likeness (QED) is 0.651. The highest BCUT2D eigenvalue weighted by molar-refractivity contribution is 5.42. The molecule has 0 saturated heterocycles. The van der Waals surface area contributed by atoms with E-state index in [1.54, 1.807) is 16.9 Å². The summed E-state index contributed by atoms with van der Waals surface area (Å²) in [5.41, 5.74) is 1.64. The molecule has 4 heteroatoms. The highest BCUT2D eigenvalue weighted by Gasteiger charge is 1.98. The van der Waals surface area contributed by atoms with E-state index >= 15 is 0 Å². The summed E-state index contributed by atoms with van der Waals surface area (Å²) in [5.74, 6) is 5.96. The van der Waals surface area contributed by atoms with Crippen LogP contribution in [0.4, 0.5) is 0 Å². The van der Waals surface area contributed by atoms with Gasteiger partial charge in [0.05, 0.1) is 12.7 Å². The Morgan fingerprint density at radius 1 is 1.57 bits per heavy atom. The van der Waals surface area contributed by atoms with Crippen LogP contribution in [0, 0.1) is 11.8 Å². The van der Waals surface area contributed by atoms with Crippen LogP contribution in [-0.4, -0.2) is 28.2 Å². The number of nitrogens with one attached hydrogen (secondary N) is 1. The second kappa shape index (κ2) is 3.90. The van der Waals surface area contributed by atoms with Gasteiger partial charge in [0.15, 0.2) is 5.65 Å². The summed E-state index contributed by atoms with van der Waals surface area (Å²) < 4.78 is 1.72. The van der Waals surface area contributed by atoms with Crippen molar-refractivity contribution in [2.75, 3.05) is 13.6 Å². The van der Waals surface area contributed by atoms with Gasteiger partial charge in [0.25, 0.3) is 0 Å². The Morgan fingerprint density at radius 3 is 3.36 bits per heavy atom. The van der Waals surface area contributed by atoms with Crippen LogP contribution >= 0.6 is 0 Å². The van der Waals surface area contributed by atoms with Gasteiger partial charge in [0.1, 0.15) is 5.69 Å². The van der Waals surface area contributed by atoms with Crippen molar-refractivity contribution in [2.45, 2.75) is 0 Å². The second-order valence-electron chi connectivity index (χ2n) is 2.77. The molecule has 0 fully saturated rings. The molecule has 0 aliphatic rings. The van der Waals surface area contributed by atoms with E-state index in [0.717, 1.165) is 11.3 Å². The maximum absolute atomic E-state index is 4.17. The van der Waals surface area contributed by atoms with Crippen molar-refractivity contribution in [3.05, 3.63) is 30.2 Å². The van der Waals surface area contributed by atoms with Crippen LogP contribution in [0.3, 0.4) is 0 Å². The first-order valence-corrected chi connectivity index (χ1v) is 4.34. The number of nitrogens with zero attached hydrogens (tertiary/aromatic N) is 3. The molecule has 1 N–H and O–H groups in total. The summed E-state index contributed by atoms with van der Waals surface area (Å²) in [6, 6.07) is 3.75. The molecule has 0 aliphatic carbocycles. The Morgan fingerprint density at radius 2 is 2.50 bits per heavy atom. The first kappa shape index (κ1) is 8.73. The highest BCUT2D eigenvalue weighted by atomic mass is 15.2. The van der Waals surface area contributed by atoms with Crippen molar-refractivity contribution < 1.29 is 0 Å². The van der Waals surface area contributed by atoms with Crippen LogP contribution in [0.2, 0.25) is 0 Å². The SMILES string of the molecule is CNCC#Cc1cnc2cccnn12. The molecular formula is C10H10N4. The molecule has 14 heavy (non-hydrogen) atoms. The molecule has 2 aromatic rings. The second-order valence-corrected chi connectivity index (χ2v) is 2.77. The fourth-order valence-corrected chi connectivity index (χ4v) is 1.14. The Balaban J connectivity index is 2.40. The molecule has 0 spiro atoms. The van der Waals surface area contributed by atoms with Gasteiger partial charge in [-0.25, -0.2) is 9.50 Å². The van der Waals surface area contributed by atoms with Gasteiger partial charge in [0, 0.05) is 6.20 Å². The molecule has 0 aromatic carbocycles. The molecule has 2 heterocycles. The third-order valence-electron chi connectivity index (χ3n) is 1.76. The van der Waals surface area contributed by atoms with E-state index in [4.69, 9.17) is 0 Å². The van der Waals surface area contributed by atoms with Gasteiger partial charge in [0.2, 0.25) is 0 Å². The predicted octanol–water partition coefficient (Wildman–Crippen LogP) is 0.300. The van der Waals surface area contributed by atoms with Crippen molar-refractivity contribution in [1.29, 1.82) is 0 Å². The standard InChI is InChI=1S/C10H10N4/c1-11-6-2-4-9-8-12-10-5-3-7-13-14(9)10/h3,5,7-8,11H,6H2,1H3. The molecule has 2 aromatic heterocycles. The van der Waals surface area contributed by atoms with Crippen molar-refractivity contribution in [2.24, 2.45) is 0 Å². The van der Waals surface area contributed by atoms with Gasteiger partial charge >= 0.3 is 0 Å². The van der Waals surface area contributed by atoms with E-state index in [2.05, 4.69) is 27.2 Å². The largest absolute Gasteiger partial charge is 0.309 e. The van der Waals surface area contributed by atoms with Gasteiger partial charge < -0.3 is 5.32 Å². The van der Waals surface area contributed by atoms with Crippen molar-refractivity contribution in [3.63, 3.8) is 0 Å². The molecule has 0 aliphatic heterocycles. The fraction of sp³-hybridized carbons (Fsp3) is 0.200. The summed E-state index contributed by atoms with van der Waals surface area (Å²) in [6.45, 7) is 0.667. The molecule has 0 radical (unpaired) electrons. The van der Waals surface area contributed by atoms with E-state index in [1.807, 2.05) is 19.2 Å². The number of rotatable bonds is 1. The van der Waals surface area contributed by atoms with E-state index in [1.165, 1.54) is 0 Å². The van der Waals surface area contributed by atoms with Crippen LogP contribution in [0.1, 0.15) is 5.69 Å². The van der Waals surface area contributed by atoms with E-state index in [0.29, 0.717) is 6.54 Å². The zero-order chi connectivity index (χ0) is 9.80. The van der Waals surface area contributed by atoms with Gasteiger partial charge in [-0.15, -0.1) is 0 Å². The maximum atomic E-state index is 4.17. The minimum absolute atomic E-state index is 0.667. The Kier molecular flexibility index (Phi) is 2.43. The van der Waals surface area contributed by atoms with Gasteiger partial charge in [-0.05, 0) is 25.1 Å². The normalized spacial score (nSPS) is 9.79. The summed E-state index contributed by atoms with van der Waals surface area (Å²) in [4.78, 5) is 4.17. The first-order valence-electron chi connectivity index (χ1n) is 4.34. The summed E-state index contributed by atoms with van der Waals surface area (Å²) in [5, 5.41) is 7.11. The van der Waals surface area contributed by atoms with Gasteiger partial charge in [-0.1, -0.05) is 5.92 Å². The van der Waals surface area contributed by atoms with Crippen molar-refractivity contribution in [3.8, 4) is 11.8 Å². The van der Waals surface area contributed by atoms with Gasteiger partial charge in [-0.2, -0.15) is 5.10 Å². The van der Waals surface area contributed by atoms with Crippen LogP contribution < -0.4 is 5.32 Å². The molecule has 0 atom stereocenters. The van der Waals surface area contributed by atoms with Crippen LogP contribution in [-0.2, 0) is 0 Å². The van der Waals surface area contributed by atoms with Crippen LogP contribution in [0.15, 0.2) is 24.5 Å². The summed E-state index contributed by atoms with van der Waals surface area (Å²) in [7, 11) is 1.86. The topological polar surface area (TPSA) is 42.2 Å². The van der Waals surface area contributed by atoms with Crippen LogP contribution in [0.5, 0.6) is 0 Å². The maximum Gasteiger partial charge on any atom is 0.154 e. The molecule has 70 valence electrons. The minimum atomic E-state index is 0.667. The average molecular weight is 186 g/mol. The highest BCUT2D eigenvalue weighted by Crippen LogP contribution is 2.01. The van der Waals surface area contributed by atoms with E-state index in [-0.39, 0.29) is 0 Å². The Hall–Kier alpha value is -1.86. The zero-order valence-electron chi connectivity index (χ0n) is 7.86. The molecule has 2 rings (SSSR count). The molecular weight excluding hydrogens is 176 g/mol. The molecule has 4 nitrogen and oxygen atoms in total. The minimum Gasteiger partial charge on any atom is -0.309 e. The molecule has 0 saturated carbocycles.